The highest BCUT2D eigenvalue weighted by Gasteiger charge is 2.19. The smallest absolute Gasteiger partial charge is 0.0619 e. The fourth-order valence-electron chi connectivity index (χ4n) is 7.30. The second-order valence-electron chi connectivity index (χ2n) is 11.3. The van der Waals surface area contributed by atoms with Gasteiger partial charge in [0.25, 0.3) is 0 Å². The normalized spacial score (nSPS) is 12.3. The summed E-state index contributed by atoms with van der Waals surface area (Å²) in [5.41, 5.74) is 3.71. The first-order valence-electron chi connectivity index (χ1n) is 14.4. The molecule has 0 N–H and O–H groups in total. The zero-order valence-electron chi connectivity index (χ0n) is 22.6. The summed E-state index contributed by atoms with van der Waals surface area (Å²) in [6, 6.07) is 51.8. The lowest BCUT2D eigenvalue weighted by molar-refractivity contribution is 1.19. The highest BCUT2D eigenvalue weighted by Crippen LogP contribution is 2.43. The monoisotopic (exact) mass is 549 g/mol. The molecule has 0 radical (unpaired) electrons. The quantitative estimate of drug-likeness (QED) is 0.179. The van der Waals surface area contributed by atoms with Crippen LogP contribution in [0.4, 0.5) is 0 Å². The van der Waals surface area contributed by atoms with Gasteiger partial charge in [0.15, 0.2) is 0 Å². The minimum absolute atomic E-state index is 1.20. The molecular formula is C40H23NS. The summed E-state index contributed by atoms with van der Waals surface area (Å²) < 4.78 is 5.18. The summed E-state index contributed by atoms with van der Waals surface area (Å²) in [5, 5.41) is 15.6. The van der Waals surface area contributed by atoms with Gasteiger partial charge in [0.05, 0.1) is 11.0 Å². The molecule has 2 aromatic heterocycles. The Morgan fingerprint density at radius 1 is 0.357 bits per heavy atom. The summed E-state index contributed by atoms with van der Waals surface area (Å²) in [4.78, 5) is 0. The predicted octanol–water partition coefficient (Wildman–Crippen LogP) is 11.8. The van der Waals surface area contributed by atoms with Gasteiger partial charge in [-0.15, -0.1) is 11.3 Å². The van der Waals surface area contributed by atoms with Crippen LogP contribution in [0.25, 0.3) is 90.8 Å². The van der Waals surface area contributed by atoms with Crippen molar-refractivity contribution in [3.63, 3.8) is 0 Å². The molecular weight excluding hydrogens is 527 g/mol. The standard InChI is InChI=1S/C40H23NS/c1-2-10-26-24(9-1)17-19-32-35-22-33-29-13-5-3-11-27(29)28-12-4-6-14-30(28)34(33)23-37(35)41(40(26)32)25-18-20-39-36(21-25)31-15-7-8-16-38(31)42-39/h1-23H. The van der Waals surface area contributed by atoms with Gasteiger partial charge >= 0.3 is 0 Å². The van der Waals surface area contributed by atoms with Gasteiger partial charge in [-0.05, 0) is 74.1 Å². The van der Waals surface area contributed by atoms with Gasteiger partial charge in [-0.25, -0.2) is 0 Å². The number of rotatable bonds is 1. The fourth-order valence-corrected chi connectivity index (χ4v) is 8.38. The Balaban J connectivity index is 1.44. The molecule has 10 rings (SSSR count). The Labute approximate surface area is 245 Å². The molecule has 0 fully saturated rings. The van der Waals surface area contributed by atoms with E-state index in [9.17, 15) is 0 Å². The molecule has 0 saturated carbocycles. The van der Waals surface area contributed by atoms with Crippen molar-refractivity contribution < 1.29 is 0 Å². The minimum Gasteiger partial charge on any atom is -0.309 e. The van der Waals surface area contributed by atoms with E-state index < -0.39 is 0 Å². The van der Waals surface area contributed by atoms with Gasteiger partial charge < -0.3 is 4.57 Å². The van der Waals surface area contributed by atoms with E-state index in [-0.39, 0.29) is 0 Å². The maximum atomic E-state index is 2.52. The van der Waals surface area contributed by atoms with Crippen molar-refractivity contribution >= 4 is 96.4 Å². The molecule has 1 nitrogen and oxygen atoms in total. The lowest BCUT2D eigenvalue weighted by Gasteiger charge is -2.13. The van der Waals surface area contributed by atoms with Gasteiger partial charge in [-0.1, -0.05) is 103 Å². The van der Waals surface area contributed by atoms with Crippen molar-refractivity contribution in [3.05, 3.63) is 140 Å². The second kappa shape index (κ2) is 8.19. The first-order chi connectivity index (χ1) is 20.8. The highest BCUT2D eigenvalue weighted by molar-refractivity contribution is 7.25. The maximum absolute atomic E-state index is 2.52. The van der Waals surface area contributed by atoms with Crippen LogP contribution in [0.15, 0.2) is 140 Å². The molecule has 42 heavy (non-hydrogen) atoms. The van der Waals surface area contributed by atoms with E-state index in [0.29, 0.717) is 0 Å². The van der Waals surface area contributed by atoms with Crippen LogP contribution in [0.2, 0.25) is 0 Å². The summed E-state index contributed by atoms with van der Waals surface area (Å²) in [5.74, 6) is 0. The number of aromatic nitrogens is 1. The largest absolute Gasteiger partial charge is 0.309 e. The average Bonchev–Trinajstić information content (AvgIpc) is 3.59. The third-order valence-electron chi connectivity index (χ3n) is 9.13. The van der Waals surface area contributed by atoms with Crippen molar-refractivity contribution in [1.82, 2.24) is 4.57 Å². The summed E-state index contributed by atoms with van der Waals surface area (Å²) in [6.07, 6.45) is 0. The Hall–Kier alpha value is -5.18. The fraction of sp³-hybridized carbons (Fsp3) is 0. The summed E-state index contributed by atoms with van der Waals surface area (Å²) >= 11 is 1.87. The molecule has 0 saturated heterocycles. The number of hydrogen-bond acceptors (Lipinski definition) is 1. The molecule has 0 aliphatic carbocycles. The predicted molar refractivity (Wildman–Crippen MR) is 184 cm³/mol. The van der Waals surface area contributed by atoms with Crippen LogP contribution >= 0.6 is 11.3 Å². The molecule has 0 atom stereocenters. The van der Waals surface area contributed by atoms with Crippen LogP contribution in [-0.2, 0) is 0 Å². The van der Waals surface area contributed by atoms with Crippen molar-refractivity contribution in [3.8, 4) is 5.69 Å². The third kappa shape index (κ3) is 2.92. The third-order valence-corrected chi connectivity index (χ3v) is 10.3. The van der Waals surface area contributed by atoms with Crippen LogP contribution < -0.4 is 0 Å². The number of nitrogens with zero attached hydrogens (tertiary/aromatic N) is 1. The van der Waals surface area contributed by atoms with E-state index >= 15 is 0 Å². The molecule has 0 amide bonds. The topological polar surface area (TPSA) is 4.93 Å². The SMILES string of the molecule is c1ccc2c(c1)ccc1c3cc4c5ccccc5c5ccccc5c4cc3n(-c3ccc4sc5ccccc5c4c3)c21. The molecule has 0 unspecified atom stereocenters. The number of hydrogen-bond donors (Lipinski definition) is 0. The minimum atomic E-state index is 1.20. The zero-order chi connectivity index (χ0) is 27.4. The molecule has 8 aromatic carbocycles. The highest BCUT2D eigenvalue weighted by atomic mass is 32.1. The molecule has 2 heterocycles. The van der Waals surface area contributed by atoms with E-state index in [4.69, 9.17) is 0 Å². The van der Waals surface area contributed by atoms with Gasteiger partial charge in [0, 0.05) is 42.0 Å². The van der Waals surface area contributed by atoms with Crippen LogP contribution in [0.5, 0.6) is 0 Å². The van der Waals surface area contributed by atoms with Crippen molar-refractivity contribution in [1.29, 1.82) is 0 Å². The van der Waals surface area contributed by atoms with Gasteiger partial charge in [-0.3, -0.25) is 0 Å². The molecule has 0 spiro atoms. The van der Waals surface area contributed by atoms with E-state index in [1.165, 1.54) is 90.8 Å². The number of thiophene rings is 1. The van der Waals surface area contributed by atoms with Gasteiger partial charge in [-0.2, -0.15) is 0 Å². The van der Waals surface area contributed by atoms with E-state index in [0.717, 1.165) is 0 Å². The molecule has 194 valence electrons. The van der Waals surface area contributed by atoms with Crippen LogP contribution in [0.3, 0.4) is 0 Å². The second-order valence-corrected chi connectivity index (χ2v) is 12.4. The molecule has 0 bridgehead atoms. The van der Waals surface area contributed by atoms with E-state index in [2.05, 4.69) is 144 Å². The summed E-state index contributed by atoms with van der Waals surface area (Å²) in [7, 11) is 0. The Morgan fingerprint density at radius 2 is 0.952 bits per heavy atom. The van der Waals surface area contributed by atoms with Crippen molar-refractivity contribution in [2.45, 2.75) is 0 Å². The van der Waals surface area contributed by atoms with Crippen molar-refractivity contribution in [2.75, 3.05) is 0 Å². The van der Waals surface area contributed by atoms with E-state index in [1.807, 2.05) is 11.3 Å². The number of benzene rings is 8. The molecule has 0 aliphatic heterocycles. The summed E-state index contributed by atoms with van der Waals surface area (Å²) in [6.45, 7) is 0. The Kier molecular flexibility index (Phi) is 4.39. The van der Waals surface area contributed by atoms with Gasteiger partial charge in [0.2, 0.25) is 0 Å². The lowest BCUT2D eigenvalue weighted by Crippen LogP contribution is -1.94. The van der Waals surface area contributed by atoms with E-state index in [1.54, 1.807) is 0 Å². The molecule has 0 aliphatic rings. The maximum Gasteiger partial charge on any atom is 0.0619 e. The first-order valence-corrected chi connectivity index (χ1v) is 15.3. The van der Waals surface area contributed by atoms with Gasteiger partial charge in [0.1, 0.15) is 0 Å². The lowest BCUT2D eigenvalue weighted by atomic mass is 9.93. The first kappa shape index (κ1) is 22.5. The van der Waals surface area contributed by atoms with Crippen molar-refractivity contribution in [2.24, 2.45) is 0 Å². The Bertz CT molecular complexity index is 2740. The average molecular weight is 550 g/mol. The molecule has 2 heteroatoms. The molecule has 10 aromatic rings. The van der Waals surface area contributed by atoms with Crippen LogP contribution in [0.1, 0.15) is 0 Å². The Morgan fingerprint density at radius 3 is 1.71 bits per heavy atom. The van der Waals surface area contributed by atoms with Crippen LogP contribution in [-0.4, -0.2) is 4.57 Å². The number of fused-ring (bicyclic) bond motifs is 14. The zero-order valence-corrected chi connectivity index (χ0v) is 23.5. The van der Waals surface area contributed by atoms with Crippen LogP contribution in [0, 0.1) is 0 Å².